The van der Waals surface area contributed by atoms with Crippen LogP contribution >= 0.6 is 0 Å². The number of carbonyl (C=O) groups excluding carboxylic acids is 3. The number of esters is 1. The molecule has 0 saturated carbocycles. The average Bonchev–Trinajstić information content (AvgIpc) is 3.18. The van der Waals surface area contributed by atoms with Crippen molar-refractivity contribution in [2.24, 2.45) is 5.92 Å². The Hall–Kier alpha value is -3.29. The summed E-state index contributed by atoms with van der Waals surface area (Å²) >= 11 is 0. The molecule has 1 atom stereocenters. The van der Waals surface area contributed by atoms with E-state index in [2.05, 4.69) is 34.4 Å². The molecular formula is C28H40N4O4. The summed E-state index contributed by atoms with van der Waals surface area (Å²) in [5.74, 6) is -0.450. The number of ether oxygens (including phenoxy) is 1. The molecular weight excluding hydrogens is 456 g/mol. The molecule has 196 valence electrons. The summed E-state index contributed by atoms with van der Waals surface area (Å²) in [6.07, 6.45) is 3.39. The minimum Gasteiger partial charge on any atom is -0.461 e. The van der Waals surface area contributed by atoms with E-state index in [0.29, 0.717) is 44.8 Å². The van der Waals surface area contributed by atoms with E-state index in [1.807, 2.05) is 36.9 Å². The molecule has 8 heteroatoms. The predicted octanol–water partition coefficient (Wildman–Crippen LogP) is 3.62. The number of hydrogen-bond acceptors (Lipinski definition) is 5. The number of para-hydroxylation sites is 1. The van der Waals surface area contributed by atoms with Gasteiger partial charge in [0.25, 0.3) is 0 Å². The molecule has 0 aliphatic carbocycles. The van der Waals surface area contributed by atoms with Crippen molar-refractivity contribution in [3.05, 3.63) is 52.8 Å². The molecule has 3 rings (SSSR count). The van der Waals surface area contributed by atoms with Gasteiger partial charge in [-0.1, -0.05) is 18.2 Å². The molecule has 1 aliphatic heterocycles. The Balaban J connectivity index is 1.44. The maximum absolute atomic E-state index is 13.0. The SMILES string of the molecule is CCOC(=O)c1[nH]c(C)c(CCC(=O)N2CCCC(C(=O)NCCCN(C)c3ccccc3)C2)c1C. The van der Waals surface area contributed by atoms with Crippen LogP contribution in [-0.2, 0) is 20.7 Å². The standard InChI is InChI=1S/C28H40N4O4/c1-5-36-28(35)26-20(2)24(21(3)30-26)14-15-25(33)32-18-9-11-22(19-32)27(34)29-16-10-17-31(4)23-12-7-6-8-13-23/h6-8,12-13,22,30H,5,9-11,14-19H2,1-4H3,(H,29,34). The Morgan fingerprint density at radius 1 is 1.19 bits per heavy atom. The highest BCUT2D eigenvalue weighted by atomic mass is 16.5. The maximum atomic E-state index is 13.0. The van der Waals surface area contributed by atoms with Gasteiger partial charge in [0.1, 0.15) is 5.69 Å². The topological polar surface area (TPSA) is 94.7 Å². The Morgan fingerprint density at radius 2 is 1.94 bits per heavy atom. The number of hydrogen-bond donors (Lipinski definition) is 2. The minimum absolute atomic E-state index is 0.0336. The number of carbonyl (C=O) groups is 3. The lowest BCUT2D eigenvalue weighted by molar-refractivity contribution is -0.135. The number of piperidine rings is 1. The van der Waals surface area contributed by atoms with Gasteiger partial charge in [-0.15, -0.1) is 0 Å². The summed E-state index contributed by atoms with van der Waals surface area (Å²) in [5, 5.41) is 3.06. The minimum atomic E-state index is -0.368. The zero-order chi connectivity index (χ0) is 26.1. The van der Waals surface area contributed by atoms with Crippen LogP contribution in [0, 0.1) is 19.8 Å². The summed E-state index contributed by atoms with van der Waals surface area (Å²) in [7, 11) is 2.05. The predicted molar refractivity (Wildman–Crippen MR) is 141 cm³/mol. The first-order valence-electron chi connectivity index (χ1n) is 13.0. The van der Waals surface area contributed by atoms with E-state index >= 15 is 0 Å². The van der Waals surface area contributed by atoms with Gasteiger partial charge in [0.05, 0.1) is 12.5 Å². The Kier molecular flexibility index (Phi) is 9.96. The normalized spacial score (nSPS) is 15.4. The van der Waals surface area contributed by atoms with E-state index < -0.39 is 0 Å². The van der Waals surface area contributed by atoms with Crippen molar-refractivity contribution in [3.63, 3.8) is 0 Å². The van der Waals surface area contributed by atoms with Crippen LogP contribution in [0.3, 0.4) is 0 Å². The first-order chi connectivity index (χ1) is 17.3. The molecule has 2 aromatic rings. The van der Waals surface area contributed by atoms with Gasteiger partial charge in [0, 0.05) is 51.0 Å². The third-order valence-electron chi connectivity index (χ3n) is 6.97. The van der Waals surface area contributed by atoms with Gasteiger partial charge in [0.2, 0.25) is 11.8 Å². The Bertz CT molecular complexity index is 1030. The molecule has 0 radical (unpaired) electrons. The Labute approximate surface area is 214 Å². The van der Waals surface area contributed by atoms with E-state index in [4.69, 9.17) is 4.74 Å². The molecule has 36 heavy (non-hydrogen) atoms. The highest BCUT2D eigenvalue weighted by Crippen LogP contribution is 2.22. The second-order valence-corrected chi connectivity index (χ2v) is 9.53. The van der Waals surface area contributed by atoms with Crippen LogP contribution in [0.15, 0.2) is 30.3 Å². The molecule has 2 heterocycles. The number of aryl methyl sites for hydroxylation is 1. The number of H-pyrrole nitrogens is 1. The van der Waals surface area contributed by atoms with Crippen molar-refractivity contribution in [1.29, 1.82) is 0 Å². The van der Waals surface area contributed by atoms with Crippen LogP contribution in [0.2, 0.25) is 0 Å². The molecule has 1 fully saturated rings. The molecule has 1 aromatic carbocycles. The van der Waals surface area contributed by atoms with Crippen molar-refractivity contribution in [2.75, 3.05) is 44.7 Å². The lowest BCUT2D eigenvalue weighted by Crippen LogP contribution is -2.45. The molecule has 1 aliphatic rings. The van der Waals surface area contributed by atoms with Gasteiger partial charge in [-0.3, -0.25) is 9.59 Å². The number of benzene rings is 1. The number of anilines is 1. The number of aromatic amines is 1. The molecule has 2 amide bonds. The van der Waals surface area contributed by atoms with Gasteiger partial charge in [0.15, 0.2) is 0 Å². The molecule has 1 aromatic heterocycles. The summed E-state index contributed by atoms with van der Waals surface area (Å²) in [5.41, 5.74) is 4.33. The largest absolute Gasteiger partial charge is 0.461 e. The Morgan fingerprint density at radius 3 is 2.67 bits per heavy atom. The van der Waals surface area contributed by atoms with Crippen LogP contribution in [0.4, 0.5) is 5.69 Å². The fourth-order valence-electron chi connectivity index (χ4n) is 4.86. The number of rotatable bonds is 11. The molecule has 0 spiro atoms. The molecule has 1 unspecified atom stereocenters. The summed E-state index contributed by atoms with van der Waals surface area (Å²) < 4.78 is 5.11. The van der Waals surface area contributed by atoms with Crippen molar-refractivity contribution < 1.29 is 19.1 Å². The van der Waals surface area contributed by atoms with E-state index in [0.717, 1.165) is 48.3 Å². The van der Waals surface area contributed by atoms with E-state index in [-0.39, 0.29) is 23.7 Å². The third-order valence-corrected chi connectivity index (χ3v) is 6.97. The fourth-order valence-corrected chi connectivity index (χ4v) is 4.86. The van der Waals surface area contributed by atoms with Crippen LogP contribution in [0.25, 0.3) is 0 Å². The van der Waals surface area contributed by atoms with Crippen molar-refractivity contribution in [1.82, 2.24) is 15.2 Å². The monoisotopic (exact) mass is 496 g/mol. The zero-order valence-corrected chi connectivity index (χ0v) is 22.1. The van der Waals surface area contributed by atoms with Crippen molar-refractivity contribution in [3.8, 4) is 0 Å². The zero-order valence-electron chi connectivity index (χ0n) is 22.1. The fraction of sp³-hybridized carbons (Fsp3) is 0.536. The van der Waals surface area contributed by atoms with Crippen LogP contribution in [0.5, 0.6) is 0 Å². The van der Waals surface area contributed by atoms with E-state index in [1.165, 1.54) is 0 Å². The highest BCUT2D eigenvalue weighted by Gasteiger charge is 2.28. The van der Waals surface area contributed by atoms with Gasteiger partial charge >= 0.3 is 5.97 Å². The molecule has 8 nitrogen and oxygen atoms in total. The third kappa shape index (κ3) is 7.12. The van der Waals surface area contributed by atoms with Gasteiger partial charge in [-0.25, -0.2) is 4.79 Å². The van der Waals surface area contributed by atoms with Gasteiger partial charge in [-0.2, -0.15) is 0 Å². The summed E-state index contributed by atoms with van der Waals surface area (Å²) in [4.78, 5) is 45.0. The summed E-state index contributed by atoms with van der Waals surface area (Å²) in [6.45, 7) is 8.52. The second-order valence-electron chi connectivity index (χ2n) is 9.53. The number of amides is 2. The number of likely N-dealkylation sites (tertiary alicyclic amines) is 1. The smallest absolute Gasteiger partial charge is 0.355 e. The second kappa shape index (κ2) is 13.1. The van der Waals surface area contributed by atoms with Gasteiger partial charge < -0.3 is 24.8 Å². The van der Waals surface area contributed by atoms with E-state index in [1.54, 1.807) is 6.92 Å². The van der Waals surface area contributed by atoms with Gasteiger partial charge in [-0.05, 0) is 69.7 Å². The van der Waals surface area contributed by atoms with E-state index in [9.17, 15) is 14.4 Å². The quantitative estimate of drug-likeness (QED) is 0.366. The molecule has 1 saturated heterocycles. The van der Waals surface area contributed by atoms with Crippen LogP contribution < -0.4 is 10.2 Å². The van der Waals surface area contributed by atoms with Crippen LogP contribution in [0.1, 0.15) is 59.9 Å². The highest BCUT2D eigenvalue weighted by molar-refractivity contribution is 5.90. The van der Waals surface area contributed by atoms with Crippen LogP contribution in [-0.4, -0.2) is 67.5 Å². The molecule has 0 bridgehead atoms. The first-order valence-corrected chi connectivity index (χ1v) is 13.0. The van der Waals surface area contributed by atoms with Crippen molar-refractivity contribution in [2.45, 2.75) is 52.9 Å². The number of aromatic nitrogens is 1. The average molecular weight is 497 g/mol. The summed E-state index contributed by atoms with van der Waals surface area (Å²) in [6, 6.07) is 10.2. The maximum Gasteiger partial charge on any atom is 0.355 e. The number of nitrogens with zero attached hydrogens (tertiary/aromatic N) is 2. The number of nitrogens with one attached hydrogen (secondary N) is 2. The first kappa shape index (κ1) is 27.3. The lowest BCUT2D eigenvalue weighted by atomic mass is 9.96. The molecule has 2 N–H and O–H groups in total. The lowest BCUT2D eigenvalue weighted by Gasteiger charge is -2.32. The van der Waals surface area contributed by atoms with Crippen molar-refractivity contribution >= 4 is 23.5 Å².